The van der Waals surface area contributed by atoms with Crippen molar-refractivity contribution >= 4 is 23.4 Å². The number of nitrogens with one attached hydrogen (secondary N) is 2. The maximum Gasteiger partial charge on any atom is 0.322 e. The Labute approximate surface area is 210 Å². The maximum atomic E-state index is 13.6. The van der Waals surface area contributed by atoms with Gasteiger partial charge in [0.05, 0.1) is 11.4 Å². The molecular formula is C27H33F2N5O2. The van der Waals surface area contributed by atoms with E-state index in [1.807, 2.05) is 65.0 Å². The van der Waals surface area contributed by atoms with Gasteiger partial charge in [-0.1, -0.05) is 51.8 Å². The van der Waals surface area contributed by atoms with E-state index in [1.165, 1.54) is 11.0 Å². The van der Waals surface area contributed by atoms with Crippen molar-refractivity contribution in [1.29, 1.82) is 0 Å². The van der Waals surface area contributed by atoms with Crippen LogP contribution in [0.2, 0.25) is 0 Å². The molecule has 0 aliphatic heterocycles. The molecule has 0 aliphatic carbocycles. The molecule has 0 spiro atoms. The Morgan fingerprint density at radius 2 is 1.69 bits per heavy atom. The third-order valence-electron chi connectivity index (χ3n) is 5.60. The molecule has 2 aromatic carbocycles. The quantitative estimate of drug-likeness (QED) is 0.399. The van der Waals surface area contributed by atoms with Gasteiger partial charge < -0.3 is 15.5 Å². The van der Waals surface area contributed by atoms with Crippen molar-refractivity contribution in [2.24, 2.45) is 0 Å². The lowest BCUT2D eigenvalue weighted by Crippen LogP contribution is -2.41. The molecule has 36 heavy (non-hydrogen) atoms. The monoisotopic (exact) mass is 497 g/mol. The van der Waals surface area contributed by atoms with Crippen molar-refractivity contribution in [2.45, 2.75) is 52.9 Å². The summed E-state index contributed by atoms with van der Waals surface area (Å²) >= 11 is 0. The number of anilines is 2. The normalized spacial score (nSPS) is 11.3. The van der Waals surface area contributed by atoms with Crippen LogP contribution in [0.15, 0.2) is 48.5 Å². The van der Waals surface area contributed by atoms with Crippen LogP contribution in [0.25, 0.3) is 5.69 Å². The summed E-state index contributed by atoms with van der Waals surface area (Å²) in [5, 5.41) is 10.1. The number of aryl methyl sites for hydroxylation is 1. The van der Waals surface area contributed by atoms with Crippen LogP contribution < -0.4 is 10.6 Å². The third kappa shape index (κ3) is 6.90. The standard InChI is InChI=1S/C27H33F2N5O2/c1-6-7-14-33(26(36)30-19-10-13-21(28)22(29)15-19)17-25(35)31-24-16-23(27(3,4)5)32-34(24)20-11-8-18(2)9-12-20/h8-13,15-16H,6-7,14,17H2,1-5H3,(H,30,36)(H,31,35). The molecule has 0 unspecified atom stereocenters. The lowest BCUT2D eigenvalue weighted by atomic mass is 9.92. The van der Waals surface area contributed by atoms with Gasteiger partial charge in [0, 0.05) is 29.8 Å². The zero-order chi connectivity index (χ0) is 26.5. The summed E-state index contributed by atoms with van der Waals surface area (Å²) in [5.74, 6) is -1.98. The highest BCUT2D eigenvalue weighted by atomic mass is 19.2. The molecule has 0 fully saturated rings. The highest BCUT2D eigenvalue weighted by Gasteiger charge is 2.23. The lowest BCUT2D eigenvalue weighted by molar-refractivity contribution is -0.116. The summed E-state index contributed by atoms with van der Waals surface area (Å²) in [6, 6.07) is 12.1. The van der Waals surface area contributed by atoms with E-state index >= 15 is 0 Å². The molecule has 0 radical (unpaired) electrons. The lowest BCUT2D eigenvalue weighted by Gasteiger charge is -2.22. The number of hydrogen-bond acceptors (Lipinski definition) is 3. The van der Waals surface area contributed by atoms with Crippen LogP contribution in [-0.2, 0) is 10.2 Å². The summed E-state index contributed by atoms with van der Waals surface area (Å²) in [6.45, 7) is 10.2. The number of hydrogen-bond donors (Lipinski definition) is 2. The van der Waals surface area contributed by atoms with Crippen LogP contribution in [0, 0.1) is 18.6 Å². The van der Waals surface area contributed by atoms with Crippen molar-refractivity contribution < 1.29 is 18.4 Å². The molecular weight excluding hydrogens is 464 g/mol. The number of amides is 3. The third-order valence-corrected chi connectivity index (χ3v) is 5.60. The van der Waals surface area contributed by atoms with Crippen molar-refractivity contribution in [3.63, 3.8) is 0 Å². The molecule has 3 rings (SSSR count). The van der Waals surface area contributed by atoms with E-state index in [4.69, 9.17) is 5.10 Å². The molecule has 192 valence electrons. The largest absolute Gasteiger partial charge is 0.322 e. The second-order valence-electron chi connectivity index (χ2n) is 9.79. The molecule has 3 amide bonds. The van der Waals surface area contributed by atoms with Gasteiger partial charge >= 0.3 is 6.03 Å². The molecule has 3 aromatic rings. The molecule has 0 saturated carbocycles. The van der Waals surface area contributed by atoms with E-state index in [0.29, 0.717) is 18.8 Å². The molecule has 2 N–H and O–H groups in total. The van der Waals surface area contributed by atoms with Crippen molar-refractivity contribution in [3.05, 3.63) is 71.4 Å². The summed E-state index contributed by atoms with van der Waals surface area (Å²) < 4.78 is 28.5. The number of nitrogens with zero attached hydrogens (tertiary/aromatic N) is 3. The number of carbonyl (C=O) groups is 2. The fraction of sp³-hybridized carbons (Fsp3) is 0.370. The van der Waals surface area contributed by atoms with Crippen LogP contribution in [0.5, 0.6) is 0 Å². The SMILES string of the molecule is CCCCN(CC(=O)Nc1cc(C(C)(C)C)nn1-c1ccc(C)cc1)C(=O)Nc1ccc(F)c(F)c1. The molecule has 9 heteroatoms. The molecule has 1 heterocycles. The average Bonchev–Trinajstić information content (AvgIpc) is 3.23. The van der Waals surface area contributed by atoms with Gasteiger partial charge in [-0.25, -0.2) is 18.3 Å². The number of unbranched alkanes of at least 4 members (excludes halogenated alkanes) is 1. The van der Waals surface area contributed by atoms with E-state index in [1.54, 1.807) is 4.68 Å². The zero-order valence-corrected chi connectivity index (χ0v) is 21.4. The second-order valence-corrected chi connectivity index (χ2v) is 9.79. The molecule has 0 saturated heterocycles. The van der Waals surface area contributed by atoms with Crippen LogP contribution in [0.4, 0.5) is 25.1 Å². The van der Waals surface area contributed by atoms with E-state index in [2.05, 4.69) is 10.6 Å². The number of benzene rings is 2. The number of carbonyl (C=O) groups excluding carboxylic acids is 2. The first-order valence-corrected chi connectivity index (χ1v) is 12.0. The van der Waals surface area contributed by atoms with Crippen LogP contribution >= 0.6 is 0 Å². The van der Waals surface area contributed by atoms with Crippen molar-refractivity contribution in [3.8, 4) is 5.69 Å². The molecule has 0 atom stereocenters. The average molecular weight is 498 g/mol. The van der Waals surface area contributed by atoms with Gasteiger partial charge in [-0.15, -0.1) is 0 Å². The predicted octanol–water partition coefficient (Wildman–Crippen LogP) is 6.03. The fourth-order valence-corrected chi connectivity index (χ4v) is 3.45. The van der Waals surface area contributed by atoms with Gasteiger partial charge in [-0.2, -0.15) is 5.10 Å². The Bertz CT molecular complexity index is 1220. The van der Waals surface area contributed by atoms with Gasteiger partial charge in [0.15, 0.2) is 11.6 Å². The Morgan fingerprint density at radius 3 is 2.31 bits per heavy atom. The first-order chi connectivity index (χ1) is 17.0. The van der Waals surface area contributed by atoms with E-state index in [-0.39, 0.29) is 17.6 Å². The highest BCUT2D eigenvalue weighted by Crippen LogP contribution is 2.26. The van der Waals surface area contributed by atoms with Crippen LogP contribution in [0.3, 0.4) is 0 Å². The summed E-state index contributed by atoms with van der Waals surface area (Å²) in [7, 11) is 0. The van der Waals surface area contributed by atoms with Gasteiger partial charge in [-0.05, 0) is 37.6 Å². The Kier molecular flexibility index (Phi) is 8.45. The minimum Gasteiger partial charge on any atom is -0.315 e. The van der Waals surface area contributed by atoms with Crippen molar-refractivity contribution in [1.82, 2.24) is 14.7 Å². The summed E-state index contributed by atoms with van der Waals surface area (Å²) in [4.78, 5) is 27.3. The highest BCUT2D eigenvalue weighted by molar-refractivity contribution is 5.96. The van der Waals surface area contributed by atoms with Crippen LogP contribution in [0.1, 0.15) is 51.8 Å². The minimum absolute atomic E-state index is 0.105. The van der Waals surface area contributed by atoms with E-state index in [0.717, 1.165) is 35.5 Å². The molecule has 0 aliphatic rings. The van der Waals surface area contributed by atoms with Gasteiger partial charge in [0.2, 0.25) is 5.91 Å². The fourth-order valence-electron chi connectivity index (χ4n) is 3.45. The molecule has 1 aromatic heterocycles. The minimum atomic E-state index is -1.07. The van der Waals surface area contributed by atoms with Gasteiger partial charge in [0.1, 0.15) is 12.4 Å². The first kappa shape index (κ1) is 26.8. The predicted molar refractivity (Wildman–Crippen MR) is 137 cm³/mol. The van der Waals surface area contributed by atoms with E-state index in [9.17, 15) is 18.4 Å². The van der Waals surface area contributed by atoms with E-state index < -0.39 is 23.6 Å². The molecule has 7 nitrogen and oxygen atoms in total. The van der Waals surface area contributed by atoms with Crippen molar-refractivity contribution in [2.75, 3.05) is 23.7 Å². The van der Waals surface area contributed by atoms with Crippen LogP contribution in [-0.4, -0.2) is 39.7 Å². The molecule has 0 bridgehead atoms. The van der Waals surface area contributed by atoms with Gasteiger partial charge in [-0.3, -0.25) is 4.79 Å². The maximum absolute atomic E-state index is 13.6. The number of aromatic nitrogens is 2. The Hall–Kier alpha value is -3.75. The summed E-state index contributed by atoms with van der Waals surface area (Å²) in [6.07, 6.45) is 1.49. The Morgan fingerprint density at radius 1 is 1.00 bits per heavy atom. The zero-order valence-electron chi connectivity index (χ0n) is 21.4. The van der Waals surface area contributed by atoms with Gasteiger partial charge in [0.25, 0.3) is 0 Å². The number of halogens is 2. The Balaban J connectivity index is 1.80. The smallest absolute Gasteiger partial charge is 0.315 e. The number of rotatable bonds is 8. The number of urea groups is 1. The summed E-state index contributed by atoms with van der Waals surface area (Å²) in [5.41, 5.74) is 2.56. The topological polar surface area (TPSA) is 79.3 Å². The second kappa shape index (κ2) is 11.3. The first-order valence-electron chi connectivity index (χ1n) is 12.0.